The van der Waals surface area contributed by atoms with Gasteiger partial charge in [0.1, 0.15) is 4.90 Å². The van der Waals surface area contributed by atoms with Crippen LogP contribution in [0.4, 0.5) is 0 Å². The Bertz CT molecular complexity index is 521. The van der Waals surface area contributed by atoms with Crippen LogP contribution in [0.15, 0.2) is 23.4 Å². The minimum atomic E-state index is -3.59. The Morgan fingerprint density at radius 3 is 3.00 bits per heavy atom. The SMILES string of the molecule is CN1CCCC(NS(=O)(=O)c2cnccc2Cl)C1. The van der Waals surface area contributed by atoms with Crippen LogP contribution in [0.5, 0.6) is 0 Å². The van der Waals surface area contributed by atoms with Crippen molar-refractivity contribution in [2.75, 3.05) is 20.1 Å². The van der Waals surface area contributed by atoms with Crippen molar-refractivity contribution in [3.05, 3.63) is 23.5 Å². The number of likely N-dealkylation sites (tertiary alicyclic amines) is 1. The first-order valence-electron chi connectivity index (χ1n) is 5.79. The quantitative estimate of drug-likeness (QED) is 0.905. The molecule has 0 radical (unpaired) electrons. The first-order chi connectivity index (χ1) is 8.49. The van der Waals surface area contributed by atoms with E-state index >= 15 is 0 Å². The zero-order valence-corrected chi connectivity index (χ0v) is 11.7. The summed E-state index contributed by atoms with van der Waals surface area (Å²) in [5.74, 6) is 0. The van der Waals surface area contributed by atoms with Crippen molar-refractivity contribution < 1.29 is 8.42 Å². The Hall–Kier alpha value is -0.690. The maximum absolute atomic E-state index is 12.2. The molecule has 0 amide bonds. The lowest BCUT2D eigenvalue weighted by Gasteiger charge is -2.29. The molecule has 100 valence electrons. The zero-order chi connectivity index (χ0) is 13.2. The molecular formula is C11H16ClN3O2S. The monoisotopic (exact) mass is 289 g/mol. The Morgan fingerprint density at radius 1 is 1.56 bits per heavy atom. The molecule has 0 bridgehead atoms. The molecule has 2 heterocycles. The minimum absolute atomic E-state index is 0.0416. The Kier molecular flexibility index (Phi) is 4.21. The molecule has 18 heavy (non-hydrogen) atoms. The van der Waals surface area contributed by atoms with Crippen LogP contribution in [0.1, 0.15) is 12.8 Å². The van der Waals surface area contributed by atoms with Crippen molar-refractivity contribution in [1.82, 2.24) is 14.6 Å². The average molecular weight is 290 g/mol. The predicted molar refractivity (Wildman–Crippen MR) is 70.1 cm³/mol. The van der Waals surface area contributed by atoms with Crippen LogP contribution >= 0.6 is 11.6 Å². The lowest BCUT2D eigenvalue weighted by molar-refractivity contribution is 0.242. The largest absolute Gasteiger partial charge is 0.305 e. The highest BCUT2D eigenvalue weighted by Gasteiger charge is 2.25. The highest BCUT2D eigenvalue weighted by atomic mass is 35.5. The van der Waals surface area contributed by atoms with Crippen LogP contribution in [0.2, 0.25) is 5.02 Å². The van der Waals surface area contributed by atoms with Gasteiger partial charge in [0, 0.05) is 25.0 Å². The number of hydrogen-bond donors (Lipinski definition) is 1. The van der Waals surface area contributed by atoms with E-state index in [0.29, 0.717) is 0 Å². The second kappa shape index (κ2) is 5.52. The summed E-state index contributed by atoms with van der Waals surface area (Å²) in [7, 11) is -1.60. The van der Waals surface area contributed by atoms with Gasteiger partial charge in [-0.05, 0) is 32.5 Å². The van der Waals surface area contributed by atoms with E-state index in [1.165, 1.54) is 18.5 Å². The van der Waals surface area contributed by atoms with E-state index in [0.717, 1.165) is 25.9 Å². The molecule has 1 atom stereocenters. The topological polar surface area (TPSA) is 62.3 Å². The van der Waals surface area contributed by atoms with Gasteiger partial charge in [-0.25, -0.2) is 13.1 Å². The number of pyridine rings is 1. The molecule has 0 aromatic carbocycles. The number of halogens is 1. The van der Waals surface area contributed by atoms with E-state index in [1.807, 2.05) is 7.05 Å². The summed E-state index contributed by atoms with van der Waals surface area (Å²) in [5.41, 5.74) is 0. The van der Waals surface area contributed by atoms with Gasteiger partial charge in [0.05, 0.1) is 5.02 Å². The molecule has 0 spiro atoms. The summed E-state index contributed by atoms with van der Waals surface area (Å²) in [6.45, 7) is 1.73. The summed E-state index contributed by atoms with van der Waals surface area (Å²) in [6, 6.07) is 1.41. The van der Waals surface area contributed by atoms with Crippen LogP contribution in [-0.2, 0) is 10.0 Å². The van der Waals surface area contributed by atoms with Crippen molar-refractivity contribution in [2.45, 2.75) is 23.8 Å². The number of rotatable bonds is 3. The van der Waals surface area contributed by atoms with Crippen LogP contribution < -0.4 is 4.72 Å². The van der Waals surface area contributed by atoms with Crippen molar-refractivity contribution in [2.24, 2.45) is 0 Å². The predicted octanol–water partition coefficient (Wildman–Crippen LogP) is 1.11. The molecule has 1 N–H and O–H groups in total. The standard InChI is InChI=1S/C11H16ClN3O2S/c1-15-6-2-3-9(8-15)14-18(16,17)11-7-13-5-4-10(11)12/h4-5,7,9,14H,2-3,6,8H2,1H3. The van der Waals surface area contributed by atoms with Gasteiger partial charge in [-0.1, -0.05) is 11.6 Å². The van der Waals surface area contributed by atoms with Gasteiger partial charge >= 0.3 is 0 Å². The number of sulfonamides is 1. The van der Waals surface area contributed by atoms with E-state index in [-0.39, 0.29) is 16.0 Å². The lowest BCUT2D eigenvalue weighted by atomic mass is 10.1. The van der Waals surface area contributed by atoms with Gasteiger partial charge in [-0.3, -0.25) is 4.98 Å². The van der Waals surface area contributed by atoms with Crippen molar-refractivity contribution in [1.29, 1.82) is 0 Å². The van der Waals surface area contributed by atoms with Crippen LogP contribution in [0, 0.1) is 0 Å². The fourth-order valence-corrected chi connectivity index (χ4v) is 3.80. The first kappa shape index (κ1) is 13.7. The average Bonchev–Trinajstić information content (AvgIpc) is 2.28. The molecular weight excluding hydrogens is 274 g/mol. The number of likely N-dealkylation sites (N-methyl/N-ethyl adjacent to an activating group) is 1. The van der Waals surface area contributed by atoms with E-state index < -0.39 is 10.0 Å². The summed E-state index contributed by atoms with van der Waals surface area (Å²) in [6.07, 6.45) is 4.58. The molecule has 7 heteroatoms. The van der Waals surface area contributed by atoms with Gasteiger partial charge in [-0.2, -0.15) is 0 Å². The van der Waals surface area contributed by atoms with E-state index in [2.05, 4.69) is 14.6 Å². The second-order valence-electron chi connectivity index (χ2n) is 4.53. The third-order valence-electron chi connectivity index (χ3n) is 2.97. The van der Waals surface area contributed by atoms with Gasteiger partial charge in [0.25, 0.3) is 0 Å². The normalized spacial score (nSPS) is 22.0. The Balaban J connectivity index is 2.15. The van der Waals surface area contributed by atoms with Gasteiger partial charge in [0.2, 0.25) is 10.0 Å². The molecule has 5 nitrogen and oxygen atoms in total. The fourth-order valence-electron chi connectivity index (χ4n) is 2.11. The third kappa shape index (κ3) is 3.20. The molecule has 0 saturated carbocycles. The maximum Gasteiger partial charge on any atom is 0.243 e. The summed E-state index contributed by atoms with van der Waals surface area (Å²) < 4.78 is 27.0. The number of nitrogens with one attached hydrogen (secondary N) is 1. The molecule has 1 aromatic heterocycles. The minimum Gasteiger partial charge on any atom is -0.305 e. The number of nitrogens with zero attached hydrogens (tertiary/aromatic N) is 2. The van der Waals surface area contributed by atoms with Crippen molar-refractivity contribution >= 4 is 21.6 Å². The van der Waals surface area contributed by atoms with Crippen LogP contribution in [-0.4, -0.2) is 44.5 Å². The van der Waals surface area contributed by atoms with Crippen molar-refractivity contribution in [3.63, 3.8) is 0 Å². The highest BCUT2D eigenvalue weighted by molar-refractivity contribution is 7.89. The molecule has 1 aliphatic heterocycles. The van der Waals surface area contributed by atoms with Gasteiger partial charge in [0.15, 0.2) is 0 Å². The molecule has 1 fully saturated rings. The Morgan fingerprint density at radius 2 is 2.33 bits per heavy atom. The van der Waals surface area contributed by atoms with Gasteiger partial charge < -0.3 is 4.90 Å². The molecule has 1 aliphatic rings. The van der Waals surface area contributed by atoms with E-state index in [9.17, 15) is 8.42 Å². The third-order valence-corrected chi connectivity index (χ3v) is 4.96. The zero-order valence-electron chi connectivity index (χ0n) is 10.1. The number of hydrogen-bond acceptors (Lipinski definition) is 4. The van der Waals surface area contributed by atoms with E-state index in [4.69, 9.17) is 11.6 Å². The van der Waals surface area contributed by atoms with Crippen molar-refractivity contribution in [3.8, 4) is 0 Å². The second-order valence-corrected chi connectivity index (χ2v) is 6.62. The van der Waals surface area contributed by atoms with Crippen LogP contribution in [0.25, 0.3) is 0 Å². The Labute approximate surface area is 112 Å². The maximum atomic E-state index is 12.2. The molecule has 0 aliphatic carbocycles. The van der Waals surface area contributed by atoms with Gasteiger partial charge in [-0.15, -0.1) is 0 Å². The van der Waals surface area contributed by atoms with Crippen LogP contribution in [0.3, 0.4) is 0 Å². The number of aromatic nitrogens is 1. The summed E-state index contributed by atoms with van der Waals surface area (Å²) >= 11 is 5.89. The summed E-state index contributed by atoms with van der Waals surface area (Å²) in [5, 5.41) is 0.196. The molecule has 1 saturated heterocycles. The van der Waals surface area contributed by atoms with E-state index in [1.54, 1.807) is 0 Å². The smallest absolute Gasteiger partial charge is 0.243 e. The first-order valence-corrected chi connectivity index (χ1v) is 7.65. The summed E-state index contributed by atoms with van der Waals surface area (Å²) in [4.78, 5) is 5.96. The lowest BCUT2D eigenvalue weighted by Crippen LogP contribution is -2.46. The molecule has 1 aromatic rings. The molecule has 1 unspecified atom stereocenters. The fraction of sp³-hybridized carbons (Fsp3) is 0.545. The number of piperidine rings is 1. The molecule has 2 rings (SSSR count). The highest BCUT2D eigenvalue weighted by Crippen LogP contribution is 2.20.